The van der Waals surface area contributed by atoms with Crippen molar-refractivity contribution in [2.45, 2.75) is 6.92 Å². The first-order chi connectivity index (χ1) is 5.68. The van der Waals surface area contributed by atoms with Crippen molar-refractivity contribution in [3.8, 4) is 0 Å². The van der Waals surface area contributed by atoms with Gasteiger partial charge in [0, 0.05) is 12.4 Å². The predicted molar refractivity (Wildman–Crippen MR) is 53.3 cm³/mol. The number of aromatic amines is 1. The van der Waals surface area contributed by atoms with Gasteiger partial charge in [-0.05, 0) is 29.5 Å². The van der Waals surface area contributed by atoms with Crippen LogP contribution in [-0.4, -0.2) is 14.4 Å². The molecule has 0 saturated carbocycles. The van der Waals surface area contributed by atoms with Gasteiger partial charge in [-0.15, -0.1) is 0 Å². The lowest BCUT2D eigenvalue weighted by Gasteiger charge is -1.92. The molecule has 0 atom stereocenters. The average molecular weight is 275 g/mol. The smallest absolute Gasteiger partial charge is 0.313 e. The first-order valence-electron chi connectivity index (χ1n) is 3.41. The quantitative estimate of drug-likeness (QED) is 0.727. The van der Waals surface area contributed by atoms with Crippen molar-refractivity contribution in [1.29, 1.82) is 0 Å². The first kappa shape index (κ1) is 7.78. The first-order valence-corrected chi connectivity index (χ1v) is 4.49. The third kappa shape index (κ3) is 1.04. The largest absolute Gasteiger partial charge is 0.331 e. The Hall–Kier alpha value is -0.850. The number of nitrogens with one attached hydrogen (secondary N) is 1. The Bertz CT molecular complexity index is 485. The molecule has 2 heterocycles. The van der Waals surface area contributed by atoms with E-state index in [2.05, 4.69) is 32.6 Å². The van der Waals surface area contributed by atoms with Crippen LogP contribution in [-0.2, 0) is 0 Å². The third-order valence-corrected chi connectivity index (χ3v) is 2.37. The van der Waals surface area contributed by atoms with Crippen LogP contribution in [0.3, 0.4) is 0 Å². The SMILES string of the molecule is Cc1cn2c(=O)[nH]cc(I)c2n1. The van der Waals surface area contributed by atoms with Crippen LogP contribution in [0, 0.1) is 10.5 Å². The van der Waals surface area contributed by atoms with E-state index in [4.69, 9.17) is 0 Å². The maximum absolute atomic E-state index is 11.2. The lowest BCUT2D eigenvalue weighted by atomic mass is 10.6. The second kappa shape index (κ2) is 2.58. The zero-order chi connectivity index (χ0) is 8.72. The van der Waals surface area contributed by atoms with Crippen LogP contribution in [0.5, 0.6) is 0 Å². The number of halogens is 1. The van der Waals surface area contributed by atoms with Crippen molar-refractivity contribution in [3.05, 3.63) is 32.1 Å². The van der Waals surface area contributed by atoms with Gasteiger partial charge in [-0.3, -0.25) is 4.40 Å². The van der Waals surface area contributed by atoms with E-state index in [1.807, 2.05) is 6.92 Å². The van der Waals surface area contributed by atoms with E-state index in [0.717, 1.165) is 14.9 Å². The van der Waals surface area contributed by atoms with E-state index in [0.29, 0.717) is 0 Å². The number of aromatic nitrogens is 3. The number of imidazole rings is 1. The number of rotatable bonds is 0. The normalized spacial score (nSPS) is 10.8. The number of hydrogen-bond acceptors (Lipinski definition) is 2. The Morgan fingerprint density at radius 2 is 2.42 bits per heavy atom. The van der Waals surface area contributed by atoms with Crippen molar-refractivity contribution in [3.63, 3.8) is 0 Å². The zero-order valence-corrected chi connectivity index (χ0v) is 8.49. The van der Waals surface area contributed by atoms with Gasteiger partial charge in [0.1, 0.15) is 0 Å². The van der Waals surface area contributed by atoms with Crippen molar-refractivity contribution >= 4 is 28.2 Å². The van der Waals surface area contributed by atoms with Crippen molar-refractivity contribution in [2.24, 2.45) is 0 Å². The fourth-order valence-electron chi connectivity index (χ4n) is 1.08. The molecule has 0 amide bonds. The van der Waals surface area contributed by atoms with Gasteiger partial charge < -0.3 is 4.98 Å². The highest BCUT2D eigenvalue weighted by Gasteiger charge is 2.03. The van der Waals surface area contributed by atoms with E-state index in [1.54, 1.807) is 12.4 Å². The Kier molecular flexibility index (Phi) is 1.67. The summed E-state index contributed by atoms with van der Waals surface area (Å²) in [5.41, 5.74) is 1.42. The second-order valence-corrected chi connectivity index (χ2v) is 3.68. The molecular formula is C7H6IN3O. The van der Waals surface area contributed by atoms with Gasteiger partial charge in [-0.2, -0.15) is 0 Å². The average Bonchev–Trinajstić information content (AvgIpc) is 2.41. The molecule has 2 rings (SSSR count). The number of nitrogens with zero attached hydrogens (tertiary/aromatic N) is 2. The summed E-state index contributed by atoms with van der Waals surface area (Å²) in [5.74, 6) is 0. The van der Waals surface area contributed by atoms with E-state index >= 15 is 0 Å². The molecule has 0 unspecified atom stereocenters. The Morgan fingerprint density at radius 3 is 3.08 bits per heavy atom. The minimum atomic E-state index is -0.147. The summed E-state index contributed by atoms with van der Waals surface area (Å²) in [6.07, 6.45) is 3.38. The Morgan fingerprint density at radius 1 is 1.67 bits per heavy atom. The van der Waals surface area contributed by atoms with Gasteiger partial charge in [0.05, 0.1) is 9.26 Å². The molecule has 0 aromatic carbocycles. The highest BCUT2D eigenvalue weighted by molar-refractivity contribution is 14.1. The molecule has 0 spiro atoms. The van der Waals surface area contributed by atoms with Gasteiger partial charge >= 0.3 is 5.69 Å². The monoisotopic (exact) mass is 275 g/mol. The fraction of sp³-hybridized carbons (Fsp3) is 0.143. The Labute approximate surface area is 81.8 Å². The van der Waals surface area contributed by atoms with Crippen molar-refractivity contribution < 1.29 is 0 Å². The Balaban J connectivity index is 3.03. The van der Waals surface area contributed by atoms with Crippen molar-refractivity contribution in [2.75, 3.05) is 0 Å². The maximum atomic E-state index is 11.2. The van der Waals surface area contributed by atoms with Crippen LogP contribution in [0.15, 0.2) is 17.2 Å². The number of H-pyrrole nitrogens is 1. The minimum absolute atomic E-state index is 0.147. The molecule has 0 aliphatic heterocycles. The van der Waals surface area contributed by atoms with Crippen LogP contribution < -0.4 is 5.69 Å². The van der Waals surface area contributed by atoms with E-state index in [-0.39, 0.29) is 5.69 Å². The number of fused-ring (bicyclic) bond motifs is 1. The molecule has 1 N–H and O–H groups in total. The molecule has 0 radical (unpaired) electrons. The van der Waals surface area contributed by atoms with E-state index in [9.17, 15) is 4.79 Å². The molecule has 2 aromatic heterocycles. The summed E-state index contributed by atoms with van der Waals surface area (Å²) in [6, 6.07) is 0. The highest BCUT2D eigenvalue weighted by Crippen LogP contribution is 2.08. The van der Waals surface area contributed by atoms with Crippen LogP contribution in [0.2, 0.25) is 0 Å². The molecule has 12 heavy (non-hydrogen) atoms. The van der Waals surface area contributed by atoms with Gasteiger partial charge in [-0.25, -0.2) is 9.78 Å². The summed E-state index contributed by atoms with van der Waals surface area (Å²) in [5, 5.41) is 0. The summed E-state index contributed by atoms with van der Waals surface area (Å²) in [6.45, 7) is 1.86. The predicted octanol–water partition coefficient (Wildman–Crippen LogP) is 0.936. The summed E-state index contributed by atoms with van der Waals surface area (Å²) in [4.78, 5) is 18.0. The van der Waals surface area contributed by atoms with Gasteiger partial charge in [0.15, 0.2) is 5.65 Å². The second-order valence-electron chi connectivity index (χ2n) is 2.52. The standard InChI is InChI=1S/C7H6IN3O/c1-4-3-11-6(10-4)5(8)2-9-7(11)12/h2-3H,1H3,(H,9,12). The van der Waals surface area contributed by atoms with Crippen LogP contribution in [0.25, 0.3) is 5.65 Å². The van der Waals surface area contributed by atoms with Crippen LogP contribution in [0.4, 0.5) is 0 Å². The molecule has 62 valence electrons. The molecule has 2 aromatic rings. The number of hydrogen-bond donors (Lipinski definition) is 1. The molecule has 0 fully saturated rings. The van der Waals surface area contributed by atoms with Crippen LogP contribution in [0.1, 0.15) is 5.69 Å². The van der Waals surface area contributed by atoms with E-state index in [1.165, 1.54) is 4.40 Å². The molecule has 0 saturated heterocycles. The molecule has 0 bridgehead atoms. The molecule has 0 aliphatic carbocycles. The highest BCUT2D eigenvalue weighted by atomic mass is 127. The lowest BCUT2D eigenvalue weighted by Crippen LogP contribution is -2.15. The topological polar surface area (TPSA) is 50.2 Å². The van der Waals surface area contributed by atoms with Gasteiger partial charge in [0.25, 0.3) is 0 Å². The fourth-order valence-corrected chi connectivity index (χ4v) is 1.62. The van der Waals surface area contributed by atoms with Gasteiger partial charge in [-0.1, -0.05) is 0 Å². The molecular weight excluding hydrogens is 269 g/mol. The summed E-state index contributed by atoms with van der Waals surface area (Å²) in [7, 11) is 0. The molecule has 0 aliphatic rings. The van der Waals surface area contributed by atoms with Crippen molar-refractivity contribution in [1.82, 2.24) is 14.4 Å². The number of aryl methyl sites for hydroxylation is 1. The minimum Gasteiger partial charge on any atom is -0.313 e. The zero-order valence-electron chi connectivity index (χ0n) is 6.34. The lowest BCUT2D eigenvalue weighted by molar-refractivity contribution is 0.994. The molecule has 5 heteroatoms. The third-order valence-electron chi connectivity index (χ3n) is 1.58. The summed E-state index contributed by atoms with van der Waals surface area (Å²) >= 11 is 2.13. The summed E-state index contributed by atoms with van der Waals surface area (Å²) < 4.78 is 2.46. The molecule has 4 nitrogen and oxygen atoms in total. The van der Waals surface area contributed by atoms with E-state index < -0.39 is 0 Å². The van der Waals surface area contributed by atoms with Crippen LogP contribution >= 0.6 is 22.6 Å². The maximum Gasteiger partial charge on any atom is 0.331 e. The van der Waals surface area contributed by atoms with Gasteiger partial charge in [0.2, 0.25) is 0 Å².